The van der Waals surface area contributed by atoms with E-state index >= 15 is 0 Å². The van der Waals surface area contributed by atoms with Gasteiger partial charge in [-0.2, -0.15) is 0 Å². The zero-order chi connectivity index (χ0) is 29.9. The van der Waals surface area contributed by atoms with Gasteiger partial charge in [0.1, 0.15) is 5.82 Å². The number of anilines is 1. The molecule has 0 aliphatic carbocycles. The lowest BCUT2D eigenvalue weighted by Crippen LogP contribution is -2.48. The monoisotopic (exact) mass is 597 g/mol. The van der Waals surface area contributed by atoms with Crippen molar-refractivity contribution in [3.63, 3.8) is 0 Å². The smallest absolute Gasteiger partial charge is 0.263 e. The van der Waals surface area contributed by atoms with Crippen LogP contribution < -0.4 is 15.8 Å². The van der Waals surface area contributed by atoms with Crippen LogP contribution in [-0.4, -0.2) is 69.2 Å². The SMILES string of the molecule is Cc1cccc(N2CCN(CCNC(=O)CCc3nnc4n(Cc5ccccc5Cl)c(=O)c5ccccc5n34)CC2)c1C. The highest BCUT2D eigenvalue weighted by Crippen LogP contribution is 2.24. The van der Waals surface area contributed by atoms with E-state index in [1.54, 1.807) is 16.7 Å². The number of aromatic nitrogens is 4. The minimum Gasteiger partial charge on any atom is -0.369 e. The second-order valence-electron chi connectivity index (χ2n) is 11.1. The average molecular weight is 598 g/mol. The first-order valence-corrected chi connectivity index (χ1v) is 15.2. The Morgan fingerprint density at radius 1 is 0.930 bits per heavy atom. The first kappa shape index (κ1) is 28.9. The van der Waals surface area contributed by atoms with Crippen LogP contribution in [-0.2, 0) is 17.8 Å². The highest BCUT2D eigenvalue weighted by molar-refractivity contribution is 6.31. The van der Waals surface area contributed by atoms with Crippen molar-refractivity contribution in [2.45, 2.75) is 33.2 Å². The van der Waals surface area contributed by atoms with Gasteiger partial charge in [0.15, 0.2) is 0 Å². The Morgan fingerprint density at radius 3 is 2.51 bits per heavy atom. The number of carbonyl (C=O) groups is 1. The molecule has 1 amide bonds. The van der Waals surface area contributed by atoms with Crippen molar-refractivity contribution in [1.29, 1.82) is 0 Å². The van der Waals surface area contributed by atoms with Gasteiger partial charge in [-0.1, -0.05) is 54.1 Å². The maximum absolute atomic E-state index is 13.5. The molecule has 3 heterocycles. The number of fused-ring (bicyclic) bond motifs is 3. The van der Waals surface area contributed by atoms with Crippen LogP contribution in [0.5, 0.6) is 0 Å². The summed E-state index contributed by atoms with van der Waals surface area (Å²) in [5.41, 5.74) is 5.37. The molecule has 0 atom stereocenters. The standard InChI is InChI=1S/C33H36ClN7O2/c1-23-8-7-13-28(24(23)2)39-20-18-38(19-21-39)17-16-35-31(42)15-14-30-36-37-33-40(22-25-9-3-5-11-27(25)34)32(43)26-10-4-6-12-29(26)41(30)33/h3-13H,14-22H2,1-2H3,(H,35,42). The number of hydrogen-bond donors (Lipinski definition) is 1. The minimum atomic E-state index is -0.158. The molecule has 1 aliphatic heterocycles. The van der Waals surface area contributed by atoms with Gasteiger partial charge in [-0.05, 0) is 54.8 Å². The van der Waals surface area contributed by atoms with Crippen molar-refractivity contribution in [2.24, 2.45) is 0 Å². The molecule has 2 aromatic heterocycles. The second-order valence-corrected chi connectivity index (χ2v) is 11.6. The molecule has 10 heteroatoms. The average Bonchev–Trinajstić information content (AvgIpc) is 3.45. The zero-order valence-corrected chi connectivity index (χ0v) is 25.3. The largest absolute Gasteiger partial charge is 0.369 e. The van der Waals surface area contributed by atoms with Crippen LogP contribution in [0.15, 0.2) is 71.5 Å². The van der Waals surface area contributed by atoms with Gasteiger partial charge in [-0.15, -0.1) is 10.2 Å². The molecule has 9 nitrogen and oxygen atoms in total. The maximum atomic E-state index is 13.5. The molecular weight excluding hydrogens is 562 g/mol. The summed E-state index contributed by atoms with van der Waals surface area (Å²) >= 11 is 6.41. The number of nitrogens with one attached hydrogen (secondary N) is 1. The highest BCUT2D eigenvalue weighted by atomic mass is 35.5. The Balaban J connectivity index is 1.08. The molecule has 1 N–H and O–H groups in total. The fourth-order valence-electron chi connectivity index (χ4n) is 5.87. The number of para-hydroxylation sites is 1. The molecule has 222 valence electrons. The third-order valence-electron chi connectivity index (χ3n) is 8.48. The molecule has 1 fully saturated rings. The van der Waals surface area contributed by atoms with Gasteiger partial charge < -0.3 is 10.2 Å². The molecule has 6 rings (SSSR count). The van der Waals surface area contributed by atoms with Gasteiger partial charge in [-0.25, -0.2) is 0 Å². The van der Waals surface area contributed by atoms with Gasteiger partial charge in [0.05, 0.1) is 17.4 Å². The van der Waals surface area contributed by atoms with E-state index in [0.717, 1.165) is 43.8 Å². The molecule has 43 heavy (non-hydrogen) atoms. The summed E-state index contributed by atoms with van der Waals surface area (Å²) in [5.74, 6) is 1.04. The number of halogens is 1. The summed E-state index contributed by atoms with van der Waals surface area (Å²) in [6.07, 6.45) is 0.676. The van der Waals surface area contributed by atoms with Gasteiger partial charge in [0, 0.05) is 62.8 Å². The number of carbonyl (C=O) groups excluding carboxylic acids is 1. The third kappa shape index (κ3) is 6.00. The summed E-state index contributed by atoms with van der Waals surface area (Å²) < 4.78 is 3.48. The second kappa shape index (κ2) is 12.6. The first-order valence-electron chi connectivity index (χ1n) is 14.8. The molecule has 5 aromatic rings. The number of aryl methyl sites for hydroxylation is 2. The molecule has 1 saturated heterocycles. The van der Waals surface area contributed by atoms with E-state index in [0.29, 0.717) is 35.0 Å². The van der Waals surface area contributed by atoms with Gasteiger partial charge in [0.2, 0.25) is 11.7 Å². The quantitative estimate of drug-likeness (QED) is 0.274. The van der Waals surface area contributed by atoms with E-state index in [1.807, 2.05) is 40.8 Å². The van der Waals surface area contributed by atoms with E-state index < -0.39 is 0 Å². The van der Waals surface area contributed by atoms with Crippen molar-refractivity contribution in [1.82, 2.24) is 29.4 Å². The minimum absolute atomic E-state index is 0.0283. The molecule has 0 saturated carbocycles. The summed E-state index contributed by atoms with van der Waals surface area (Å²) in [6, 6.07) is 21.4. The van der Waals surface area contributed by atoms with E-state index in [4.69, 9.17) is 11.6 Å². The molecule has 0 unspecified atom stereocenters. The number of piperazine rings is 1. The number of amides is 1. The first-order chi connectivity index (χ1) is 20.9. The molecule has 3 aromatic carbocycles. The van der Waals surface area contributed by atoms with Crippen LogP contribution in [0.4, 0.5) is 5.69 Å². The van der Waals surface area contributed by atoms with E-state index in [2.05, 4.69) is 57.4 Å². The molecule has 1 aliphatic rings. The summed E-state index contributed by atoms with van der Waals surface area (Å²) in [4.78, 5) is 31.1. The van der Waals surface area contributed by atoms with Gasteiger partial charge >= 0.3 is 0 Å². The fourth-order valence-corrected chi connectivity index (χ4v) is 6.07. The lowest BCUT2D eigenvalue weighted by molar-refractivity contribution is -0.121. The molecule has 0 bridgehead atoms. The summed E-state index contributed by atoms with van der Waals surface area (Å²) in [7, 11) is 0. The lowest BCUT2D eigenvalue weighted by Gasteiger charge is -2.37. The molecule has 0 radical (unpaired) electrons. The van der Waals surface area contributed by atoms with Crippen LogP contribution in [0.25, 0.3) is 16.7 Å². The van der Waals surface area contributed by atoms with Gasteiger partial charge in [0.25, 0.3) is 5.56 Å². The third-order valence-corrected chi connectivity index (χ3v) is 8.84. The van der Waals surface area contributed by atoms with Crippen LogP contribution in [0.1, 0.15) is 28.9 Å². The van der Waals surface area contributed by atoms with Crippen molar-refractivity contribution >= 4 is 39.9 Å². The predicted molar refractivity (Wildman–Crippen MR) is 171 cm³/mol. The predicted octanol–water partition coefficient (Wildman–Crippen LogP) is 4.23. The van der Waals surface area contributed by atoms with Crippen molar-refractivity contribution < 1.29 is 4.79 Å². The van der Waals surface area contributed by atoms with Crippen LogP contribution in [0.2, 0.25) is 5.02 Å². The fraction of sp³-hybridized carbons (Fsp3) is 0.333. The Kier molecular flexibility index (Phi) is 8.44. The van der Waals surface area contributed by atoms with Crippen LogP contribution in [0.3, 0.4) is 0 Å². The normalized spacial score (nSPS) is 14.1. The summed E-state index contributed by atoms with van der Waals surface area (Å²) in [6.45, 7) is 9.94. The van der Waals surface area contributed by atoms with Crippen molar-refractivity contribution in [3.8, 4) is 0 Å². The Hall–Kier alpha value is -4.21. The Bertz CT molecular complexity index is 1840. The highest BCUT2D eigenvalue weighted by Gasteiger charge is 2.20. The van der Waals surface area contributed by atoms with E-state index in [9.17, 15) is 9.59 Å². The number of rotatable bonds is 9. The van der Waals surface area contributed by atoms with Crippen LogP contribution in [0, 0.1) is 13.8 Å². The number of nitrogens with zero attached hydrogens (tertiary/aromatic N) is 6. The topological polar surface area (TPSA) is 87.8 Å². The Labute approximate surface area is 255 Å². The van der Waals surface area contributed by atoms with E-state index in [-0.39, 0.29) is 24.4 Å². The molecular formula is C33H36ClN7O2. The van der Waals surface area contributed by atoms with Gasteiger partial charge in [-0.3, -0.25) is 23.5 Å². The maximum Gasteiger partial charge on any atom is 0.263 e. The number of benzene rings is 3. The lowest BCUT2D eigenvalue weighted by atomic mass is 10.1. The zero-order valence-electron chi connectivity index (χ0n) is 24.6. The Morgan fingerprint density at radius 2 is 1.70 bits per heavy atom. The molecule has 0 spiro atoms. The van der Waals surface area contributed by atoms with Crippen molar-refractivity contribution in [3.05, 3.63) is 105 Å². The number of hydrogen-bond acceptors (Lipinski definition) is 6. The van der Waals surface area contributed by atoms with Crippen molar-refractivity contribution in [2.75, 3.05) is 44.2 Å². The van der Waals surface area contributed by atoms with E-state index in [1.165, 1.54) is 16.8 Å². The van der Waals surface area contributed by atoms with Crippen LogP contribution >= 0.6 is 11.6 Å². The summed E-state index contributed by atoms with van der Waals surface area (Å²) in [5, 5.41) is 13.0.